The van der Waals surface area contributed by atoms with Crippen LogP contribution in [0.25, 0.3) is 0 Å². The monoisotopic (exact) mass is 255 g/mol. The first-order chi connectivity index (χ1) is 9.34. The maximum absolute atomic E-state index is 4.37. The molecule has 0 amide bonds. The van der Waals surface area contributed by atoms with E-state index in [1.54, 1.807) is 0 Å². The minimum atomic E-state index is 0.519. The van der Waals surface area contributed by atoms with Crippen LogP contribution in [-0.4, -0.2) is 16.1 Å². The molecular weight excluding hydrogens is 234 g/mol. The van der Waals surface area contributed by atoms with Crippen molar-refractivity contribution in [2.45, 2.75) is 31.7 Å². The van der Waals surface area contributed by atoms with E-state index in [0.717, 1.165) is 18.8 Å². The second-order valence-corrected chi connectivity index (χ2v) is 5.30. The van der Waals surface area contributed by atoms with Crippen molar-refractivity contribution in [1.29, 1.82) is 0 Å². The minimum Gasteiger partial charge on any atom is -0.338 e. The molecular formula is C16H21N3. The Morgan fingerprint density at radius 1 is 1.37 bits per heavy atom. The van der Waals surface area contributed by atoms with E-state index in [4.69, 9.17) is 0 Å². The summed E-state index contributed by atoms with van der Waals surface area (Å²) < 4.78 is 2.09. The van der Waals surface area contributed by atoms with Gasteiger partial charge in [0.25, 0.3) is 0 Å². The van der Waals surface area contributed by atoms with Gasteiger partial charge in [-0.3, -0.25) is 0 Å². The number of hydrogen-bond donors (Lipinski definition) is 1. The van der Waals surface area contributed by atoms with E-state index in [1.165, 1.54) is 30.4 Å². The molecule has 19 heavy (non-hydrogen) atoms. The zero-order chi connectivity index (χ0) is 13.1. The molecule has 0 radical (unpaired) electrons. The molecule has 2 aromatic rings. The summed E-state index contributed by atoms with van der Waals surface area (Å²) in [5, 5.41) is 3.69. The third-order valence-corrected chi connectivity index (χ3v) is 4.03. The van der Waals surface area contributed by atoms with E-state index in [1.807, 2.05) is 12.4 Å². The summed E-state index contributed by atoms with van der Waals surface area (Å²) in [5.41, 5.74) is 3.01. The van der Waals surface area contributed by atoms with Gasteiger partial charge in [0.05, 0.1) is 0 Å². The molecule has 3 nitrogen and oxygen atoms in total. The molecule has 1 aliphatic rings. The van der Waals surface area contributed by atoms with Crippen LogP contribution in [0.1, 0.15) is 35.8 Å². The molecule has 1 N–H and O–H groups in total. The molecule has 0 saturated carbocycles. The second-order valence-electron chi connectivity index (χ2n) is 5.30. The molecule has 1 unspecified atom stereocenters. The van der Waals surface area contributed by atoms with E-state index < -0.39 is 0 Å². The van der Waals surface area contributed by atoms with E-state index in [9.17, 15) is 0 Å². The van der Waals surface area contributed by atoms with Crippen molar-refractivity contribution in [2.24, 2.45) is 7.05 Å². The lowest BCUT2D eigenvalue weighted by molar-refractivity contribution is 0.459. The third kappa shape index (κ3) is 2.71. The summed E-state index contributed by atoms with van der Waals surface area (Å²) in [5.74, 6) is 1.15. The predicted molar refractivity (Wildman–Crippen MR) is 77.0 cm³/mol. The fourth-order valence-corrected chi connectivity index (χ4v) is 2.96. The Labute approximate surface area is 114 Å². The number of nitrogens with zero attached hydrogens (tertiary/aromatic N) is 2. The number of aryl methyl sites for hydroxylation is 2. The Balaban J connectivity index is 1.61. The molecule has 100 valence electrons. The van der Waals surface area contributed by atoms with E-state index in [2.05, 4.69) is 46.2 Å². The van der Waals surface area contributed by atoms with Crippen molar-refractivity contribution in [1.82, 2.24) is 14.9 Å². The lowest BCUT2D eigenvalue weighted by Crippen LogP contribution is -2.27. The summed E-state index contributed by atoms with van der Waals surface area (Å²) >= 11 is 0. The van der Waals surface area contributed by atoms with Crippen LogP contribution in [0.3, 0.4) is 0 Å². The van der Waals surface area contributed by atoms with Gasteiger partial charge >= 0.3 is 0 Å². The third-order valence-electron chi connectivity index (χ3n) is 4.03. The highest BCUT2D eigenvalue weighted by atomic mass is 15.0. The van der Waals surface area contributed by atoms with Crippen molar-refractivity contribution < 1.29 is 0 Å². The van der Waals surface area contributed by atoms with Crippen LogP contribution in [0.15, 0.2) is 36.7 Å². The fourth-order valence-electron chi connectivity index (χ4n) is 2.96. The van der Waals surface area contributed by atoms with Gasteiger partial charge in [-0.2, -0.15) is 0 Å². The van der Waals surface area contributed by atoms with Crippen molar-refractivity contribution >= 4 is 0 Å². The maximum atomic E-state index is 4.37. The highest BCUT2D eigenvalue weighted by Gasteiger charge is 2.18. The van der Waals surface area contributed by atoms with E-state index >= 15 is 0 Å². The van der Waals surface area contributed by atoms with Gasteiger partial charge in [-0.25, -0.2) is 4.98 Å². The van der Waals surface area contributed by atoms with Gasteiger partial charge in [0.2, 0.25) is 0 Å². The number of hydrogen-bond acceptors (Lipinski definition) is 2. The van der Waals surface area contributed by atoms with Crippen LogP contribution in [0.2, 0.25) is 0 Å². The fraction of sp³-hybridized carbons (Fsp3) is 0.438. The molecule has 1 aromatic carbocycles. The number of benzene rings is 1. The van der Waals surface area contributed by atoms with Gasteiger partial charge in [-0.1, -0.05) is 24.3 Å². The maximum Gasteiger partial charge on any atom is 0.109 e. The number of aromatic nitrogens is 2. The molecule has 0 aliphatic heterocycles. The Morgan fingerprint density at radius 3 is 3.11 bits per heavy atom. The molecule has 0 bridgehead atoms. The van der Waals surface area contributed by atoms with Gasteiger partial charge in [-0.05, 0) is 30.4 Å². The van der Waals surface area contributed by atoms with Crippen LogP contribution in [0.4, 0.5) is 0 Å². The highest BCUT2D eigenvalue weighted by Crippen LogP contribution is 2.29. The zero-order valence-corrected chi connectivity index (χ0v) is 11.5. The second kappa shape index (κ2) is 5.57. The Kier molecular flexibility index (Phi) is 3.65. The average molecular weight is 255 g/mol. The lowest BCUT2D eigenvalue weighted by Gasteiger charge is -2.26. The van der Waals surface area contributed by atoms with Gasteiger partial charge in [0.1, 0.15) is 5.82 Å². The number of nitrogens with one attached hydrogen (secondary N) is 1. The summed E-state index contributed by atoms with van der Waals surface area (Å²) in [6.45, 7) is 0.990. The summed E-state index contributed by atoms with van der Waals surface area (Å²) in [7, 11) is 2.05. The van der Waals surface area contributed by atoms with Crippen LogP contribution < -0.4 is 5.32 Å². The van der Waals surface area contributed by atoms with Crippen molar-refractivity contribution in [3.8, 4) is 0 Å². The Hall–Kier alpha value is -1.61. The first-order valence-electron chi connectivity index (χ1n) is 7.12. The zero-order valence-electron chi connectivity index (χ0n) is 11.5. The molecule has 1 aromatic heterocycles. The molecule has 0 spiro atoms. The Morgan fingerprint density at radius 2 is 2.26 bits per heavy atom. The smallest absolute Gasteiger partial charge is 0.109 e. The summed E-state index contributed by atoms with van der Waals surface area (Å²) in [4.78, 5) is 4.37. The van der Waals surface area contributed by atoms with E-state index in [0.29, 0.717) is 6.04 Å². The van der Waals surface area contributed by atoms with Crippen molar-refractivity contribution in [3.05, 3.63) is 53.6 Å². The standard InChI is InChI=1S/C16H21N3/c1-19-12-11-18-16(19)9-10-17-15-8-4-6-13-5-2-3-7-14(13)15/h2-3,5,7,11-12,15,17H,4,6,8-10H2,1H3. The SMILES string of the molecule is Cn1ccnc1CCNC1CCCc2ccccc21. The largest absolute Gasteiger partial charge is 0.338 e. The van der Waals surface area contributed by atoms with Crippen LogP contribution in [0.5, 0.6) is 0 Å². The quantitative estimate of drug-likeness (QED) is 0.910. The first-order valence-corrected chi connectivity index (χ1v) is 7.12. The van der Waals surface area contributed by atoms with Gasteiger partial charge in [0, 0.05) is 38.4 Å². The summed E-state index contributed by atoms with van der Waals surface area (Å²) in [6.07, 6.45) is 8.63. The number of fused-ring (bicyclic) bond motifs is 1. The molecule has 3 rings (SSSR count). The highest BCUT2D eigenvalue weighted by molar-refractivity contribution is 5.32. The summed E-state index contributed by atoms with van der Waals surface area (Å²) in [6, 6.07) is 9.35. The van der Waals surface area contributed by atoms with Crippen molar-refractivity contribution in [3.63, 3.8) is 0 Å². The molecule has 1 atom stereocenters. The first kappa shape index (κ1) is 12.4. The molecule has 0 fully saturated rings. The molecule has 1 aliphatic carbocycles. The van der Waals surface area contributed by atoms with Gasteiger partial charge in [-0.15, -0.1) is 0 Å². The molecule has 1 heterocycles. The lowest BCUT2D eigenvalue weighted by atomic mass is 9.88. The van der Waals surface area contributed by atoms with Crippen molar-refractivity contribution in [2.75, 3.05) is 6.54 Å². The minimum absolute atomic E-state index is 0.519. The van der Waals surface area contributed by atoms with Crippen LogP contribution >= 0.6 is 0 Å². The number of rotatable bonds is 4. The topological polar surface area (TPSA) is 29.9 Å². The Bertz CT molecular complexity index is 544. The van der Waals surface area contributed by atoms with E-state index in [-0.39, 0.29) is 0 Å². The van der Waals surface area contributed by atoms with Crippen LogP contribution in [-0.2, 0) is 19.9 Å². The molecule has 0 saturated heterocycles. The predicted octanol–water partition coefficient (Wildman–Crippen LogP) is 2.63. The van der Waals surface area contributed by atoms with Gasteiger partial charge < -0.3 is 9.88 Å². The van der Waals surface area contributed by atoms with Crippen LogP contribution in [0, 0.1) is 0 Å². The molecule has 3 heteroatoms. The number of imidazole rings is 1. The normalized spacial score (nSPS) is 18.3. The van der Waals surface area contributed by atoms with Gasteiger partial charge in [0.15, 0.2) is 0 Å². The average Bonchev–Trinajstić information content (AvgIpc) is 2.85.